The van der Waals surface area contributed by atoms with Crippen LogP contribution in [0.3, 0.4) is 0 Å². The second kappa shape index (κ2) is 6.89. The van der Waals surface area contributed by atoms with Crippen molar-refractivity contribution in [3.05, 3.63) is 46.0 Å². The van der Waals surface area contributed by atoms with Crippen LogP contribution in [0.4, 0.5) is 11.4 Å². The predicted octanol–water partition coefficient (Wildman–Crippen LogP) is 3.02. The summed E-state index contributed by atoms with van der Waals surface area (Å²) < 4.78 is 2.09. The van der Waals surface area contributed by atoms with Crippen molar-refractivity contribution in [1.82, 2.24) is 14.8 Å². The summed E-state index contributed by atoms with van der Waals surface area (Å²) in [5.41, 5.74) is 0.775. The molecule has 1 unspecified atom stereocenters. The average Bonchev–Trinajstić information content (AvgIpc) is 3.11. The van der Waals surface area contributed by atoms with Gasteiger partial charge in [-0.05, 0) is 38.8 Å². The number of anilines is 1. The van der Waals surface area contributed by atoms with Crippen molar-refractivity contribution in [2.24, 2.45) is 0 Å². The quantitative estimate of drug-likeness (QED) is 0.626. The number of hydrogen-bond acceptors (Lipinski definition) is 6. The molecule has 8 nitrogen and oxygen atoms in total. The molecule has 1 aromatic carbocycles. The van der Waals surface area contributed by atoms with Crippen LogP contribution in [-0.2, 0) is 0 Å². The molecule has 8 heteroatoms. The van der Waals surface area contributed by atoms with Crippen molar-refractivity contribution < 1.29 is 4.92 Å². The Balaban J connectivity index is 1.86. The van der Waals surface area contributed by atoms with Gasteiger partial charge in [-0.15, -0.1) is 10.2 Å². The monoisotopic (exact) mass is 340 g/mol. The molecule has 1 atom stereocenters. The normalized spacial score (nSPS) is 17.5. The van der Waals surface area contributed by atoms with Gasteiger partial charge in [-0.1, -0.05) is 0 Å². The van der Waals surface area contributed by atoms with Gasteiger partial charge in [-0.2, -0.15) is 5.26 Å². The van der Waals surface area contributed by atoms with Crippen LogP contribution >= 0.6 is 0 Å². The molecular formula is C17H20N6O2. The highest BCUT2D eigenvalue weighted by Gasteiger charge is 2.27. The fraction of sp³-hybridized carbons (Fsp3) is 0.471. The van der Waals surface area contributed by atoms with E-state index >= 15 is 0 Å². The van der Waals surface area contributed by atoms with Gasteiger partial charge in [0.1, 0.15) is 23.8 Å². The largest absolute Gasteiger partial charge is 0.371 e. The molecule has 1 fully saturated rings. The van der Waals surface area contributed by atoms with Crippen molar-refractivity contribution >= 4 is 11.4 Å². The number of nitriles is 1. The summed E-state index contributed by atoms with van der Waals surface area (Å²) in [5.74, 6) is 1.22. The van der Waals surface area contributed by atoms with E-state index in [1.807, 2.05) is 6.07 Å². The summed E-state index contributed by atoms with van der Waals surface area (Å²) in [6.45, 7) is 5.81. The number of nitro benzene ring substituents is 1. The minimum absolute atomic E-state index is 0.0926. The third-order valence-electron chi connectivity index (χ3n) is 4.61. The maximum atomic E-state index is 11.0. The van der Waals surface area contributed by atoms with Gasteiger partial charge in [0.15, 0.2) is 0 Å². The van der Waals surface area contributed by atoms with Crippen LogP contribution in [0.5, 0.6) is 0 Å². The number of nitro groups is 1. The first-order valence-corrected chi connectivity index (χ1v) is 8.34. The molecule has 1 aliphatic rings. The molecule has 1 aliphatic heterocycles. The summed E-state index contributed by atoms with van der Waals surface area (Å²) in [4.78, 5) is 12.6. The molecule has 130 valence electrons. The standard InChI is InChI=1S/C17H20N6O2/c1-12(2)22-11-19-20-17(22)13-4-3-7-21(10-13)15-5-6-16(23(24)25)14(8-15)9-18/h5-6,8,11-13H,3-4,7,10H2,1-2H3. The number of benzene rings is 1. The van der Waals surface area contributed by atoms with E-state index in [-0.39, 0.29) is 17.2 Å². The Morgan fingerprint density at radius 1 is 1.44 bits per heavy atom. The van der Waals surface area contributed by atoms with Gasteiger partial charge in [0.25, 0.3) is 5.69 Å². The number of nitrogens with zero attached hydrogens (tertiary/aromatic N) is 6. The first-order valence-electron chi connectivity index (χ1n) is 8.34. The van der Waals surface area contributed by atoms with Crippen LogP contribution in [0.2, 0.25) is 0 Å². The number of rotatable bonds is 4. The second-order valence-corrected chi connectivity index (χ2v) is 6.55. The van der Waals surface area contributed by atoms with E-state index in [4.69, 9.17) is 0 Å². The summed E-state index contributed by atoms with van der Waals surface area (Å²) in [6.07, 6.45) is 3.78. The van der Waals surface area contributed by atoms with Gasteiger partial charge in [0.05, 0.1) is 4.92 Å². The Bertz CT molecular complexity index is 823. The molecule has 1 aromatic heterocycles. The zero-order valence-electron chi connectivity index (χ0n) is 14.3. The maximum absolute atomic E-state index is 11.0. The summed E-state index contributed by atoms with van der Waals surface area (Å²) in [6, 6.07) is 6.95. The fourth-order valence-electron chi connectivity index (χ4n) is 3.33. The first-order chi connectivity index (χ1) is 12.0. The van der Waals surface area contributed by atoms with Crippen molar-refractivity contribution in [3.8, 4) is 6.07 Å². The lowest BCUT2D eigenvalue weighted by atomic mass is 9.96. The van der Waals surface area contributed by atoms with Gasteiger partial charge in [0, 0.05) is 36.8 Å². The van der Waals surface area contributed by atoms with E-state index in [1.54, 1.807) is 18.5 Å². The predicted molar refractivity (Wildman–Crippen MR) is 92.4 cm³/mol. The minimum Gasteiger partial charge on any atom is -0.371 e. The molecule has 1 saturated heterocycles. The Hall–Kier alpha value is -2.95. The number of hydrogen-bond donors (Lipinski definition) is 0. The molecule has 0 radical (unpaired) electrons. The zero-order valence-corrected chi connectivity index (χ0v) is 14.3. The van der Waals surface area contributed by atoms with Crippen LogP contribution in [-0.4, -0.2) is 32.8 Å². The van der Waals surface area contributed by atoms with Gasteiger partial charge in [0.2, 0.25) is 0 Å². The van der Waals surface area contributed by atoms with Crippen molar-refractivity contribution in [1.29, 1.82) is 5.26 Å². The first kappa shape index (κ1) is 16.9. The molecule has 0 aliphatic carbocycles. The zero-order chi connectivity index (χ0) is 18.0. The van der Waals surface area contributed by atoms with E-state index in [0.717, 1.165) is 37.4 Å². The molecule has 2 aromatic rings. The second-order valence-electron chi connectivity index (χ2n) is 6.55. The van der Waals surface area contributed by atoms with Crippen LogP contribution < -0.4 is 4.90 Å². The Morgan fingerprint density at radius 3 is 2.92 bits per heavy atom. The molecule has 0 amide bonds. The SMILES string of the molecule is CC(C)n1cnnc1C1CCCN(c2ccc([N+](=O)[O-])c(C#N)c2)C1. The van der Waals surface area contributed by atoms with Gasteiger partial charge in [-0.3, -0.25) is 10.1 Å². The van der Waals surface area contributed by atoms with E-state index in [0.29, 0.717) is 6.04 Å². The lowest BCUT2D eigenvalue weighted by molar-refractivity contribution is -0.385. The molecule has 3 rings (SSSR count). The van der Waals surface area contributed by atoms with Crippen LogP contribution in [0.25, 0.3) is 0 Å². The highest BCUT2D eigenvalue weighted by Crippen LogP contribution is 2.32. The molecular weight excluding hydrogens is 320 g/mol. The van der Waals surface area contributed by atoms with Gasteiger partial charge < -0.3 is 9.47 Å². The summed E-state index contributed by atoms with van der Waals surface area (Å²) >= 11 is 0. The van der Waals surface area contributed by atoms with Crippen LogP contribution in [0, 0.1) is 21.4 Å². The Morgan fingerprint density at radius 2 is 2.24 bits per heavy atom. The maximum Gasteiger partial charge on any atom is 0.287 e. The molecule has 0 N–H and O–H groups in total. The van der Waals surface area contributed by atoms with E-state index in [1.165, 1.54) is 6.07 Å². The Kier molecular flexibility index (Phi) is 4.65. The van der Waals surface area contributed by atoms with Crippen molar-refractivity contribution in [2.45, 2.75) is 38.6 Å². The smallest absolute Gasteiger partial charge is 0.287 e. The van der Waals surface area contributed by atoms with Crippen LogP contribution in [0.15, 0.2) is 24.5 Å². The van der Waals surface area contributed by atoms with Crippen LogP contribution in [0.1, 0.15) is 50.0 Å². The summed E-state index contributed by atoms with van der Waals surface area (Å²) in [7, 11) is 0. The third-order valence-corrected chi connectivity index (χ3v) is 4.61. The van der Waals surface area contributed by atoms with E-state index in [9.17, 15) is 15.4 Å². The van der Waals surface area contributed by atoms with Gasteiger partial charge >= 0.3 is 0 Å². The third kappa shape index (κ3) is 3.31. The highest BCUT2D eigenvalue weighted by atomic mass is 16.6. The lowest BCUT2D eigenvalue weighted by Gasteiger charge is -2.34. The molecule has 2 heterocycles. The molecule has 0 saturated carbocycles. The number of piperidine rings is 1. The minimum atomic E-state index is -0.521. The molecule has 0 bridgehead atoms. The van der Waals surface area contributed by atoms with Gasteiger partial charge in [-0.25, -0.2) is 0 Å². The average molecular weight is 340 g/mol. The van der Waals surface area contributed by atoms with E-state index in [2.05, 4.69) is 33.5 Å². The Labute approximate surface area is 145 Å². The molecule has 0 spiro atoms. The van der Waals surface area contributed by atoms with E-state index < -0.39 is 4.92 Å². The van der Waals surface area contributed by atoms with Crippen molar-refractivity contribution in [2.75, 3.05) is 18.0 Å². The number of aromatic nitrogens is 3. The fourth-order valence-corrected chi connectivity index (χ4v) is 3.33. The highest BCUT2D eigenvalue weighted by molar-refractivity contribution is 5.60. The van der Waals surface area contributed by atoms with Crippen molar-refractivity contribution in [3.63, 3.8) is 0 Å². The lowest BCUT2D eigenvalue weighted by Crippen LogP contribution is -2.35. The molecule has 25 heavy (non-hydrogen) atoms. The topological polar surface area (TPSA) is 101 Å². The summed E-state index contributed by atoms with van der Waals surface area (Å²) in [5, 5.41) is 28.6.